The lowest BCUT2D eigenvalue weighted by Crippen LogP contribution is -2.57. The number of ketones is 1. The van der Waals surface area contributed by atoms with E-state index < -0.39 is 54.5 Å². The van der Waals surface area contributed by atoms with Gasteiger partial charge in [-0.3, -0.25) is 14.4 Å². The second-order valence-electron chi connectivity index (χ2n) is 12.8. The molecule has 1 N–H and O–H groups in total. The second kappa shape index (κ2) is 15.6. The van der Waals surface area contributed by atoms with Crippen LogP contribution in [0.25, 0.3) is 0 Å². The van der Waals surface area contributed by atoms with Gasteiger partial charge in [-0.2, -0.15) is 0 Å². The number of aliphatic hydroxyl groups excluding tert-OH is 1. The number of ether oxygens (including phenoxy) is 4. The van der Waals surface area contributed by atoms with Crippen molar-refractivity contribution in [3.05, 3.63) is 11.6 Å². The maximum atomic E-state index is 13.4. The van der Waals surface area contributed by atoms with Gasteiger partial charge in [0.2, 0.25) is 0 Å². The summed E-state index contributed by atoms with van der Waals surface area (Å²) < 4.78 is 24.5. The number of allylic oxidation sites excluding steroid dienone is 1. The lowest BCUT2D eigenvalue weighted by molar-refractivity contribution is -0.286. The standard InChI is InChI=1S/C32H55NO8/c1-12-13-26-17(2)14-18(3)27(35)19(4)15-20(5)29(22(7)28(36)23(8)31(37)40-26)41-32-30(39-24(9)34)25(33(10)11)16-21(6)38-32/h14,17,19-23,25-26,28-30,32,36H,12-13,15-16H2,1-11H3/t17-,19-,20+,21-,22+,23-,25?,26-,28+,29+,30?,32+/m1/s1. The smallest absolute Gasteiger partial charge is 0.311 e. The van der Waals surface area contributed by atoms with Crippen molar-refractivity contribution in [2.75, 3.05) is 14.1 Å². The Morgan fingerprint density at radius 3 is 2.27 bits per heavy atom. The second-order valence-corrected chi connectivity index (χ2v) is 12.8. The maximum Gasteiger partial charge on any atom is 0.311 e. The molecule has 2 unspecified atom stereocenters. The van der Waals surface area contributed by atoms with Gasteiger partial charge in [0, 0.05) is 24.7 Å². The number of esters is 2. The molecule has 0 aromatic rings. The summed E-state index contributed by atoms with van der Waals surface area (Å²) in [5.41, 5.74) is 0.651. The third-order valence-corrected chi connectivity index (χ3v) is 8.85. The van der Waals surface area contributed by atoms with Gasteiger partial charge in [-0.05, 0) is 65.6 Å². The van der Waals surface area contributed by atoms with Gasteiger partial charge in [0.15, 0.2) is 18.2 Å². The molecule has 2 rings (SSSR count). The number of nitrogens with zero attached hydrogens (tertiary/aromatic N) is 1. The maximum absolute atomic E-state index is 13.4. The van der Waals surface area contributed by atoms with Crippen molar-refractivity contribution < 1.29 is 38.4 Å². The van der Waals surface area contributed by atoms with E-state index in [1.54, 1.807) is 6.92 Å². The summed E-state index contributed by atoms with van der Waals surface area (Å²) in [4.78, 5) is 40.8. The minimum atomic E-state index is -1.07. The molecule has 236 valence electrons. The molecule has 0 aliphatic carbocycles. The zero-order valence-corrected chi connectivity index (χ0v) is 27.1. The Kier molecular flexibility index (Phi) is 13.5. The van der Waals surface area contributed by atoms with Crippen LogP contribution < -0.4 is 0 Å². The number of likely N-dealkylation sites (N-methyl/N-ethyl adjacent to an activating group) is 1. The quantitative estimate of drug-likeness (QED) is 0.452. The monoisotopic (exact) mass is 581 g/mol. The molecule has 41 heavy (non-hydrogen) atoms. The summed E-state index contributed by atoms with van der Waals surface area (Å²) >= 11 is 0. The Hall–Kier alpha value is -1.81. The van der Waals surface area contributed by atoms with Crippen LogP contribution in [-0.2, 0) is 33.3 Å². The van der Waals surface area contributed by atoms with Crippen molar-refractivity contribution in [3.63, 3.8) is 0 Å². The molecule has 0 amide bonds. The lowest BCUT2D eigenvalue weighted by Gasteiger charge is -2.45. The molecule has 0 bridgehead atoms. The van der Waals surface area contributed by atoms with Crippen molar-refractivity contribution in [3.8, 4) is 0 Å². The SMILES string of the molecule is CCC[C@H]1OC(=O)[C@H](C)[C@@H](O)[C@H](C)[C@@H](O[C@@H]2O[C@H](C)CC(N(C)C)C2OC(C)=O)[C@@H](C)C[C@@H](C)C(=O)C(C)=C[C@H]1C. The molecule has 1 fully saturated rings. The molecule has 1 saturated heterocycles. The van der Waals surface area contributed by atoms with Gasteiger partial charge in [0.05, 0.1) is 30.3 Å². The van der Waals surface area contributed by atoms with Crippen LogP contribution in [0.2, 0.25) is 0 Å². The van der Waals surface area contributed by atoms with E-state index in [0.29, 0.717) is 24.8 Å². The zero-order valence-electron chi connectivity index (χ0n) is 27.1. The number of carbonyl (C=O) groups excluding carboxylic acids is 3. The molecule has 0 aromatic carbocycles. The van der Waals surface area contributed by atoms with E-state index in [4.69, 9.17) is 18.9 Å². The summed E-state index contributed by atoms with van der Waals surface area (Å²) in [6, 6.07) is -0.138. The van der Waals surface area contributed by atoms with Crippen LogP contribution in [0.5, 0.6) is 0 Å². The lowest BCUT2D eigenvalue weighted by atomic mass is 9.79. The third kappa shape index (κ3) is 9.34. The highest BCUT2D eigenvalue weighted by Crippen LogP contribution is 2.35. The van der Waals surface area contributed by atoms with Crippen molar-refractivity contribution in [1.82, 2.24) is 4.90 Å². The Balaban J connectivity index is 2.51. The molecule has 9 nitrogen and oxygen atoms in total. The van der Waals surface area contributed by atoms with Crippen LogP contribution in [0.15, 0.2) is 11.6 Å². The number of cyclic esters (lactones) is 1. The van der Waals surface area contributed by atoms with Gasteiger partial charge in [-0.25, -0.2) is 0 Å². The van der Waals surface area contributed by atoms with Gasteiger partial charge in [0.25, 0.3) is 0 Å². The van der Waals surface area contributed by atoms with Crippen molar-refractivity contribution >= 4 is 17.7 Å². The minimum Gasteiger partial charge on any atom is -0.461 e. The van der Waals surface area contributed by atoms with Crippen molar-refractivity contribution in [1.29, 1.82) is 0 Å². The van der Waals surface area contributed by atoms with Crippen LogP contribution in [0.3, 0.4) is 0 Å². The molecule has 0 radical (unpaired) electrons. The fourth-order valence-corrected chi connectivity index (χ4v) is 6.42. The number of carbonyl (C=O) groups is 3. The predicted molar refractivity (Wildman–Crippen MR) is 157 cm³/mol. The van der Waals surface area contributed by atoms with Crippen LogP contribution in [0, 0.1) is 29.6 Å². The highest BCUT2D eigenvalue weighted by Gasteiger charge is 2.46. The predicted octanol–water partition coefficient (Wildman–Crippen LogP) is 4.54. The normalized spacial score (nSPS) is 40.0. The fraction of sp³-hybridized carbons (Fsp3) is 0.844. The minimum absolute atomic E-state index is 0.0376. The third-order valence-electron chi connectivity index (χ3n) is 8.85. The van der Waals surface area contributed by atoms with Crippen LogP contribution in [0.4, 0.5) is 0 Å². The Labute approximate surface area is 247 Å². The fourth-order valence-electron chi connectivity index (χ4n) is 6.42. The highest BCUT2D eigenvalue weighted by molar-refractivity contribution is 5.96. The van der Waals surface area contributed by atoms with Gasteiger partial charge in [-0.15, -0.1) is 0 Å². The molecule has 0 saturated carbocycles. The van der Waals surface area contributed by atoms with Crippen LogP contribution in [-0.4, -0.2) is 84.7 Å². The molecule has 12 atom stereocenters. The molecule has 9 heteroatoms. The first-order valence-corrected chi connectivity index (χ1v) is 15.3. The van der Waals surface area contributed by atoms with E-state index in [2.05, 4.69) is 0 Å². The largest absolute Gasteiger partial charge is 0.461 e. The Morgan fingerprint density at radius 1 is 1.07 bits per heavy atom. The zero-order chi connectivity index (χ0) is 31.2. The molecule has 2 aliphatic rings. The van der Waals surface area contributed by atoms with Crippen molar-refractivity contribution in [2.45, 2.75) is 131 Å². The van der Waals surface area contributed by atoms with Gasteiger partial charge in [0.1, 0.15) is 6.10 Å². The topological polar surface area (TPSA) is 112 Å². The average molecular weight is 582 g/mol. The van der Waals surface area contributed by atoms with E-state index in [1.165, 1.54) is 6.92 Å². The number of aliphatic hydroxyl groups is 1. The van der Waals surface area contributed by atoms with E-state index in [1.807, 2.05) is 73.5 Å². The van der Waals surface area contributed by atoms with E-state index in [0.717, 1.165) is 6.42 Å². The Bertz CT molecular complexity index is 919. The number of rotatable bonds is 6. The van der Waals surface area contributed by atoms with E-state index in [-0.39, 0.29) is 35.7 Å². The summed E-state index contributed by atoms with van der Waals surface area (Å²) in [7, 11) is 3.85. The Morgan fingerprint density at radius 2 is 1.71 bits per heavy atom. The van der Waals surface area contributed by atoms with Gasteiger partial charge >= 0.3 is 11.9 Å². The molecule has 0 aromatic heterocycles. The molecule has 2 aliphatic heterocycles. The first-order chi connectivity index (χ1) is 19.1. The van der Waals surface area contributed by atoms with E-state index >= 15 is 0 Å². The highest BCUT2D eigenvalue weighted by atomic mass is 16.7. The average Bonchev–Trinajstić information content (AvgIpc) is 2.89. The summed E-state index contributed by atoms with van der Waals surface area (Å²) in [6.45, 7) is 16.6. The molecule has 2 heterocycles. The van der Waals surface area contributed by atoms with Gasteiger partial charge in [-0.1, -0.05) is 47.1 Å². The summed E-state index contributed by atoms with van der Waals surface area (Å²) in [6.07, 6.45) is 0.731. The van der Waals surface area contributed by atoms with E-state index in [9.17, 15) is 19.5 Å². The van der Waals surface area contributed by atoms with Crippen molar-refractivity contribution in [2.24, 2.45) is 29.6 Å². The number of hydrogen-bond acceptors (Lipinski definition) is 9. The summed E-state index contributed by atoms with van der Waals surface area (Å²) in [5.74, 6) is -2.82. The number of hydrogen-bond donors (Lipinski definition) is 1. The molecule has 0 spiro atoms. The number of Topliss-reactive ketones (excluding diaryl/α,β-unsaturated/α-hetero) is 1. The summed E-state index contributed by atoms with van der Waals surface area (Å²) in [5, 5.41) is 11.5. The van der Waals surface area contributed by atoms with Crippen LogP contribution in [0.1, 0.15) is 88.0 Å². The molecular weight excluding hydrogens is 526 g/mol. The van der Waals surface area contributed by atoms with Crippen LogP contribution >= 0.6 is 0 Å². The first kappa shape index (κ1) is 35.4. The first-order valence-electron chi connectivity index (χ1n) is 15.3. The van der Waals surface area contributed by atoms with Gasteiger partial charge < -0.3 is 29.0 Å². The molecular formula is C32H55NO8.